The Labute approximate surface area is 192 Å². The molecule has 3 aromatic rings. The number of benzene rings is 3. The first kappa shape index (κ1) is 22.4. The minimum absolute atomic E-state index is 0.290. The average Bonchev–Trinajstić information content (AvgIpc) is 3.09. The largest absolute Gasteiger partial charge is 0.334 e. The first-order chi connectivity index (χ1) is 15.8. The summed E-state index contributed by atoms with van der Waals surface area (Å²) in [6.45, 7) is 6.28. The Bertz CT molecular complexity index is 1180. The number of carbonyl (C=O) groups is 2. The van der Waals surface area contributed by atoms with E-state index in [0.717, 1.165) is 16.7 Å². The minimum atomic E-state index is -0.823. The second-order valence-corrected chi connectivity index (χ2v) is 8.65. The van der Waals surface area contributed by atoms with Crippen LogP contribution in [0.4, 0.5) is 4.39 Å². The predicted molar refractivity (Wildman–Crippen MR) is 126 cm³/mol. The highest BCUT2D eigenvalue weighted by atomic mass is 19.1. The van der Waals surface area contributed by atoms with E-state index in [2.05, 4.69) is 36.7 Å². The molecule has 1 saturated heterocycles. The van der Waals surface area contributed by atoms with E-state index in [1.807, 2.05) is 49.5 Å². The minimum Gasteiger partial charge on any atom is -0.334 e. The van der Waals surface area contributed by atoms with Crippen molar-refractivity contribution in [1.29, 1.82) is 0 Å². The van der Waals surface area contributed by atoms with Crippen LogP contribution in [0.5, 0.6) is 0 Å². The summed E-state index contributed by atoms with van der Waals surface area (Å²) in [5.74, 6) is -0.745. The zero-order valence-electron chi connectivity index (χ0n) is 18.9. The van der Waals surface area contributed by atoms with Gasteiger partial charge in [0.25, 0.3) is 5.91 Å². The van der Waals surface area contributed by atoms with E-state index in [-0.39, 0.29) is 5.91 Å². The molecule has 33 heavy (non-hydrogen) atoms. The molecule has 2 amide bonds. The Hall–Kier alpha value is -3.80. The number of nitrogens with zero attached hydrogens (tertiary/aromatic N) is 1. The van der Waals surface area contributed by atoms with Crippen molar-refractivity contribution < 1.29 is 18.7 Å². The lowest BCUT2D eigenvalue weighted by Gasteiger charge is -2.15. The normalized spacial score (nSPS) is 19.1. The van der Waals surface area contributed by atoms with Crippen LogP contribution < -0.4 is 10.7 Å². The molecule has 0 saturated carbocycles. The Balaban J connectivity index is 1.68. The highest BCUT2D eigenvalue weighted by molar-refractivity contribution is 5.98. The van der Waals surface area contributed by atoms with E-state index >= 15 is 0 Å². The molecule has 5 nitrogen and oxygen atoms in total. The molecule has 1 aliphatic heterocycles. The molecule has 168 valence electrons. The van der Waals surface area contributed by atoms with Crippen LogP contribution in [0, 0.1) is 12.7 Å². The Morgan fingerprint density at radius 3 is 2.24 bits per heavy atom. The number of aryl methyl sites for hydroxylation is 1. The van der Waals surface area contributed by atoms with E-state index in [1.54, 1.807) is 4.68 Å². The van der Waals surface area contributed by atoms with Gasteiger partial charge in [-0.05, 0) is 54.8 Å². The molecule has 0 unspecified atom stereocenters. The van der Waals surface area contributed by atoms with Gasteiger partial charge in [0.1, 0.15) is 5.82 Å². The molecular formula is C27H27FN3O2+. The Morgan fingerprint density at radius 2 is 1.64 bits per heavy atom. The standard InChI is InChI=1S/C27H26FN3O2/c1-17(2)20-10-6-19(7-11-20)16-31-25(21-8-4-18(3)5-9-21)24(27(33)30-31)29-26(32)22-12-14-23(28)15-13-22/h4-17,24-25H,1-3H3,(H-,29,30,32,33)/p+1/b31-16-/t24-,25-/m0/s1. The molecule has 0 aromatic heterocycles. The van der Waals surface area contributed by atoms with Crippen molar-refractivity contribution in [3.05, 3.63) is 106 Å². The molecule has 2 N–H and O–H groups in total. The zero-order valence-corrected chi connectivity index (χ0v) is 18.9. The van der Waals surface area contributed by atoms with Gasteiger partial charge in [0.15, 0.2) is 6.04 Å². The summed E-state index contributed by atoms with van der Waals surface area (Å²) in [5, 5.41) is 2.83. The molecule has 0 radical (unpaired) electrons. The van der Waals surface area contributed by atoms with Gasteiger partial charge >= 0.3 is 5.91 Å². The van der Waals surface area contributed by atoms with Crippen molar-refractivity contribution >= 4 is 18.0 Å². The van der Waals surface area contributed by atoms with Gasteiger partial charge in [0, 0.05) is 16.7 Å². The van der Waals surface area contributed by atoms with Crippen molar-refractivity contribution in [2.24, 2.45) is 0 Å². The van der Waals surface area contributed by atoms with Crippen LogP contribution >= 0.6 is 0 Å². The van der Waals surface area contributed by atoms with Gasteiger partial charge in [0.05, 0.1) is 0 Å². The van der Waals surface area contributed by atoms with Gasteiger partial charge in [0.2, 0.25) is 12.3 Å². The van der Waals surface area contributed by atoms with Crippen LogP contribution in [0.3, 0.4) is 0 Å². The summed E-state index contributed by atoms with van der Waals surface area (Å²) in [6, 6.07) is 20.0. The second kappa shape index (κ2) is 9.36. The fourth-order valence-corrected chi connectivity index (χ4v) is 3.90. The van der Waals surface area contributed by atoms with E-state index in [4.69, 9.17) is 0 Å². The fourth-order valence-electron chi connectivity index (χ4n) is 3.90. The zero-order chi connectivity index (χ0) is 23.5. The highest BCUT2D eigenvalue weighted by Gasteiger charge is 2.47. The van der Waals surface area contributed by atoms with E-state index < -0.39 is 23.8 Å². The van der Waals surface area contributed by atoms with Gasteiger partial charge in [-0.25, -0.2) is 4.39 Å². The molecule has 0 spiro atoms. The van der Waals surface area contributed by atoms with Crippen LogP contribution in [-0.4, -0.2) is 28.8 Å². The molecule has 0 bridgehead atoms. The van der Waals surface area contributed by atoms with Gasteiger partial charge in [-0.15, -0.1) is 10.1 Å². The summed E-state index contributed by atoms with van der Waals surface area (Å²) in [4.78, 5) is 25.8. The third kappa shape index (κ3) is 5.00. The van der Waals surface area contributed by atoms with Crippen molar-refractivity contribution in [3.63, 3.8) is 0 Å². The lowest BCUT2D eigenvalue weighted by molar-refractivity contribution is -0.596. The first-order valence-electron chi connectivity index (χ1n) is 11.0. The number of hydrogen-bond acceptors (Lipinski definition) is 2. The molecule has 1 fully saturated rings. The van der Waals surface area contributed by atoms with Crippen LogP contribution in [-0.2, 0) is 4.79 Å². The SMILES string of the molecule is Cc1ccc([C@H]2[C@H](NC(=O)c3ccc(F)cc3)C(=O)N/[N+]2=C\c2ccc(C(C)C)cc2)cc1. The Kier molecular flexibility index (Phi) is 6.36. The van der Waals surface area contributed by atoms with E-state index in [0.29, 0.717) is 11.5 Å². The number of hydrazone groups is 1. The molecule has 2 atom stereocenters. The van der Waals surface area contributed by atoms with Gasteiger partial charge in [-0.3, -0.25) is 9.59 Å². The van der Waals surface area contributed by atoms with Crippen molar-refractivity contribution in [1.82, 2.24) is 10.7 Å². The second-order valence-electron chi connectivity index (χ2n) is 8.65. The summed E-state index contributed by atoms with van der Waals surface area (Å²) in [6.07, 6.45) is 1.87. The maximum atomic E-state index is 13.3. The number of nitrogens with one attached hydrogen (secondary N) is 2. The number of hydrogen-bond donors (Lipinski definition) is 2. The fraction of sp³-hybridized carbons (Fsp3) is 0.222. The molecule has 6 heteroatoms. The number of carbonyl (C=O) groups excluding carboxylic acids is 2. The number of hydrazine groups is 1. The quantitative estimate of drug-likeness (QED) is 0.578. The van der Waals surface area contributed by atoms with Gasteiger partial charge < -0.3 is 5.32 Å². The number of amides is 2. The first-order valence-corrected chi connectivity index (χ1v) is 11.0. The molecular weight excluding hydrogens is 417 g/mol. The summed E-state index contributed by atoms with van der Waals surface area (Å²) >= 11 is 0. The van der Waals surface area contributed by atoms with Crippen molar-refractivity contribution in [2.75, 3.05) is 0 Å². The van der Waals surface area contributed by atoms with Crippen molar-refractivity contribution in [2.45, 2.75) is 38.8 Å². The van der Waals surface area contributed by atoms with Crippen LogP contribution in [0.25, 0.3) is 0 Å². The van der Waals surface area contributed by atoms with Crippen LogP contribution in [0.2, 0.25) is 0 Å². The lowest BCUT2D eigenvalue weighted by atomic mass is 9.98. The molecule has 4 rings (SSSR count). The summed E-state index contributed by atoms with van der Waals surface area (Å²) in [5.41, 5.74) is 7.33. The van der Waals surface area contributed by atoms with E-state index in [1.165, 1.54) is 29.8 Å². The lowest BCUT2D eigenvalue weighted by Crippen LogP contribution is -2.42. The van der Waals surface area contributed by atoms with E-state index in [9.17, 15) is 14.0 Å². The third-order valence-electron chi connectivity index (χ3n) is 5.84. The molecule has 1 heterocycles. The third-order valence-corrected chi connectivity index (χ3v) is 5.84. The molecule has 1 aliphatic rings. The predicted octanol–water partition coefficient (Wildman–Crippen LogP) is 4.27. The molecule has 0 aliphatic carbocycles. The number of halogens is 1. The maximum Gasteiger partial charge on any atom is 0.304 e. The van der Waals surface area contributed by atoms with Gasteiger partial charge in [-0.2, -0.15) is 0 Å². The smallest absolute Gasteiger partial charge is 0.304 e. The van der Waals surface area contributed by atoms with Gasteiger partial charge in [-0.1, -0.05) is 55.8 Å². The van der Waals surface area contributed by atoms with Crippen LogP contribution in [0.15, 0.2) is 72.8 Å². The maximum absolute atomic E-state index is 13.3. The highest BCUT2D eigenvalue weighted by Crippen LogP contribution is 2.26. The Morgan fingerprint density at radius 1 is 1.00 bits per heavy atom. The average molecular weight is 445 g/mol. The van der Waals surface area contributed by atoms with Crippen molar-refractivity contribution in [3.8, 4) is 0 Å². The number of rotatable bonds is 5. The summed E-state index contributed by atoms with van der Waals surface area (Å²) in [7, 11) is 0. The topological polar surface area (TPSA) is 61.2 Å². The summed E-state index contributed by atoms with van der Waals surface area (Å²) < 4.78 is 15.0. The molecule has 3 aromatic carbocycles. The van der Waals surface area contributed by atoms with Crippen LogP contribution in [0.1, 0.15) is 58.4 Å². The monoisotopic (exact) mass is 444 g/mol.